The molecule has 3 saturated heterocycles. The number of carbonyl (C=O) groups excluding carboxylic acids is 2. The molecule has 0 spiro atoms. The summed E-state index contributed by atoms with van der Waals surface area (Å²) < 4.78 is 5.49. The first-order valence-electron chi connectivity index (χ1n) is 12.0. The van der Waals surface area contributed by atoms with E-state index in [2.05, 4.69) is 40.6 Å². The molecule has 1 aromatic carbocycles. The van der Waals surface area contributed by atoms with Crippen LogP contribution in [0.4, 0.5) is 5.82 Å². The van der Waals surface area contributed by atoms with E-state index in [1.54, 1.807) is 12.0 Å². The fourth-order valence-electron chi connectivity index (χ4n) is 6.26. The second-order valence-corrected chi connectivity index (χ2v) is 9.72. The molecular weight excluding hydrogens is 430 g/mol. The zero-order chi connectivity index (χ0) is 23.4. The van der Waals surface area contributed by atoms with Crippen molar-refractivity contribution in [2.24, 2.45) is 0 Å². The first-order chi connectivity index (χ1) is 16.6. The summed E-state index contributed by atoms with van der Waals surface area (Å²) in [4.78, 5) is 41.1. The molecule has 0 saturated carbocycles. The van der Waals surface area contributed by atoms with E-state index < -0.39 is 0 Å². The van der Waals surface area contributed by atoms with Crippen LogP contribution >= 0.6 is 0 Å². The number of rotatable bonds is 4. The topological polar surface area (TPSA) is 78.9 Å². The highest BCUT2D eigenvalue weighted by Crippen LogP contribution is 2.43. The second-order valence-electron chi connectivity index (χ2n) is 9.72. The van der Waals surface area contributed by atoms with Gasteiger partial charge in [0.05, 0.1) is 24.9 Å². The Morgan fingerprint density at radius 1 is 1.15 bits per heavy atom. The molecule has 5 heterocycles. The fourth-order valence-corrected chi connectivity index (χ4v) is 6.26. The maximum Gasteiger partial charge on any atom is 0.318 e. The van der Waals surface area contributed by atoms with Crippen LogP contribution < -0.4 is 9.64 Å². The van der Waals surface area contributed by atoms with Gasteiger partial charge in [-0.25, -0.2) is 0 Å². The number of hydrogen-bond donors (Lipinski definition) is 0. The monoisotopic (exact) mass is 459 g/mol. The summed E-state index contributed by atoms with van der Waals surface area (Å²) in [6.07, 6.45) is 4.34. The largest absolute Gasteiger partial charge is 0.467 e. The number of carbonyl (C=O) groups is 2. The van der Waals surface area contributed by atoms with E-state index in [0.29, 0.717) is 38.0 Å². The lowest BCUT2D eigenvalue weighted by atomic mass is 10.1. The van der Waals surface area contributed by atoms with Crippen LogP contribution in [0.25, 0.3) is 0 Å². The van der Waals surface area contributed by atoms with Crippen molar-refractivity contribution in [1.82, 2.24) is 19.8 Å². The van der Waals surface area contributed by atoms with Crippen LogP contribution in [-0.2, 0) is 29.1 Å². The normalized spacial score (nSPS) is 25.8. The Morgan fingerprint density at radius 2 is 1.97 bits per heavy atom. The minimum atomic E-state index is -0.174. The SMILES string of the molecule is C=CC(=O)N1CC2CC(=O)CC1CN2c1nc(OC)nc2c1CN(C1CCc3ccccc31)C2. The highest BCUT2D eigenvalue weighted by Gasteiger charge is 2.44. The van der Waals surface area contributed by atoms with Crippen molar-refractivity contribution >= 4 is 17.5 Å². The fraction of sp³-hybridized carbons (Fsp3) is 0.462. The number of piperazine rings is 1. The lowest BCUT2D eigenvalue weighted by Crippen LogP contribution is -2.58. The average molecular weight is 460 g/mol. The van der Waals surface area contributed by atoms with Crippen LogP contribution in [0.15, 0.2) is 36.9 Å². The highest BCUT2D eigenvalue weighted by molar-refractivity contribution is 5.89. The van der Waals surface area contributed by atoms with Gasteiger partial charge in [-0.1, -0.05) is 30.8 Å². The van der Waals surface area contributed by atoms with Gasteiger partial charge in [-0.05, 0) is 30.0 Å². The van der Waals surface area contributed by atoms with Gasteiger partial charge < -0.3 is 14.5 Å². The van der Waals surface area contributed by atoms with E-state index in [-0.39, 0.29) is 23.8 Å². The number of methoxy groups -OCH3 is 1. The molecule has 4 aliphatic heterocycles. The maximum absolute atomic E-state index is 12.6. The van der Waals surface area contributed by atoms with E-state index in [9.17, 15) is 9.59 Å². The first kappa shape index (κ1) is 21.3. The van der Waals surface area contributed by atoms with Crippen LogP contribution in [0.1, 0.15) is 47.7 Å². The molecule has 2 aromatic rings. The number of hydrogen-bond acceptors (Lipinski definition) is 7. The molecule has 8 nitrogen and oxygen atoms in total. The van der Waals surface area contributed by atoms with Crippen LogP contribution in [0.5, 0.6) is 6.01 Å². The Balaban J connectivity index is 1.34. The predicted molar refractivity (Wildman–Crippen MR) is 126 cm³/mol. The third kappa shape index (κ3) is 3.39. The van der Waals surface area contributed by atoms with Crippen LogP contribution in [0, 0.1) is 0 Å². The van der Waals surface area contributed by atoms with Gasteiger partial charge in [0.2, 0.25) is 5.91 Å². The number of amides is 1. The Morgan fingerprint density at radius 3 is 2.79 bits per heavy atom. The number of ether oxygens (including phenoxy) is 1. The molecule has 5 aliphatic rings. The molecule has 3 atom stereocenters. The first-order valence-corrected chi connectivity index (χ1v) is 12.0. The summed E-state index contributed by atoms with van der Waals surface area (Å²) >= 11 is 0. The van der Waals surface area contributed by atoms with Crippen molar-refractivity contribution in [3.05, 3.63) is 59.3 Å². The number of fused-ring (bicyclic) bond motifs is 6. The molecule has 1 amide bonds. The number of ketones is 1. The van der Waals surface area contributed by atoms with Gasteiger partial charge in [0.15, 0.2) is 0 Å². The molecule has 0 radical (unpaired) electrons. The van der Waals surface area contributed by atoms with E-state index in [4.69, 9.17) is 14.7 Å². The molecule has 3 unspecified atom stereocenters. The Labute approximate surface area is 199 Å². The minimum absolute atomic E-state index is 0.110. The second kappa shape index (κ2) is 8.20. The maximum atomic E-state index is 12.6. The van der Waals surface area contributed by atoms with E-state index in [1.807, 2.05) is 0 Å². The molecule has 1 aliphatic carbocycles. The number of anilines is 1. The number of nitrogens with zero attached hydrogens (tertiary/aromatic N) is 5. The van der Waals surface area contributed by atoms with Gasteiger partial charge in [-0.3, -0.25) is 14.5 Å². The third-order valence-corrected chi connectivity index (χ3v) is 7.84. The van der Waals surface area contributed by atoms with Crippen LogP contribution in [0.2, 0.25) is 0 Å². The lowest BCUT2D eigenvalue weighted by molar-refractivity contribution is -0.129. The Hall–Kier alpha value is -3.26. The van der Waals surface area contributed by atoms with Gasteiger partial charge in [0.25, 0.3) is 0 Å². The lowest BCUT2D eigenvalue weighted by Gasteiger charge is -2.44. The smallest absolute Gasteiger partial charge is 0.318 e. The van der Waals surface area contributed by atoms with E-state index in [1.165, 1.54) is 17.2 Å². The van der Waals surface area contributed by atoms with Gasteiger partial charge in [-0.15, -0.1) is 0 Å². The Bertz CT molecular complexity index is 1180. The average Bonchev–Trinajstić information content (AvgIpc) is 3.39. The van der Waals surface area contributed by atoms with E-state index in [0.717, 1.165) is 43.0 Å². The van der Waals surface area contributed by atoms with Gasteiger partial charge in [0, 0.05) is 50.6 Å². The molecule has 7 rings (SSSR count). The van der Waals surface area contributed by atoms with Crippen molar-refractivity contribution in [3.63, 3.8) is 0 Å². The zero-order valence-corrected chi connectivity index (χ0v) is 19.4. The predicted octanol–water partition coefficient (Wildman–Crippen LogP) is 2.42. The molecule has 176 valence electrons. The number of aromatic nitrogens is 2. The summed E-state index contributed by atoms with van der Waals surface area (Å²) in [5.74, 6) is 0.936. The minimum Gasteiger partial charge on any atom is -0.467 e. The molecule has 0 N–H and O–H groups in total. The Kier molecular flexibility index (Phi) is 5.13. The van der Waals surface area contributed by atoms with Crippen molar-refractivity contribution in [1.29, 1.82) is 0 Å². The van der Waals surface area contributed by atoms with Gasteiger partial charge in [0.1, 0.15) is 11.6 Å². The quantitative estimate of drug-likeness (QED) is 0.650. The number of aryl methyl sites for hydroxylation is 1. The highest BCUT2D eigenvalue weighted by atomic mass is 16.5. The number of benzene rings is 1. The van der Waals surface area contributed by atoms with Crippen LogP contribution in [-0.4, -0.2) is 63.7 Å². The summed E-state index contributed by atoms with van der Waals surface area (Å²) in [5, 5.41) is 0. The van der Waals surface area contributed by atoms with Crippen molar-refractivity contribution in [3.8, 4) is 6.01 Å². The van der Waals surface area contributed by atoms with Crippen LogP contribution in [0.3, 0.4) is 0 Å². The van der Waals surface area contributed by atoms with Gasteiger partial charge in [-0.2, -0.15) is 9.97 Å². The summed E-state index contributed by atoms with van der Waals surface area (Å²) in [6, 6.07) is 9.15. The molecule has 2 bridgehead atoms. The molecule has 8 heteroatoms. The zero-order valence-electron chi connectivity index (χ0n) is 19.4. The molecule has 3 fully saturated rings. The molecular formula is C26H29N5O3. The molecule has 1 aromatic heterocycles. The molecule has 34 heavy (non-hydrogen) atoms. The van der Waals surface area contributed by atoms with Gasteiger partial charge >= 0.3 is 6.01 Å². The summed E-state index contributed by atoms with van der Waals surface area (Å²) in [7, 11) is 1.59. The van der Waals surface area contributed by atoms with Crippen molar-refractivity contribution in [2.75, 3.05) is 25.1 Å². The third-order valence-electron chi connectivity index (χ3n) is 7.84. The van der Waals surface area contributed by atoms with Crippen molar-refractivity contribution < 1.29 is 14.3 Å². The standard InChI is InChI=1S/C26H29N5O3/c1-3-24(33)30-12-18-11-19(32)10-17(30)13-31(18)25-21-14-29(15-22(21)27-26(28-25)34-2)23-9-8-16-6-4-5-7-20(16)23/h3-7,17-18,23H,1,8-15H2,2H3. The van der Waals surface area contributed by atoms with Crippen molar-refractivity contribution in [2.45, 2.75) is 56.9 Å². The summed E-state index contributed by atoms with van der Waals surface area (Å²) in [6.45, 7) is 6.25. The summed E-state index contributed by atoms with van der Waals surface area (Å²) in [5.41, 5.74) is 4.96. The van der Waals surface area contributed by atoms with E-state index >= 15 is 0 Å². The number of Topliss-reactive ketones (excluding diaryl/α,β-unsaturated/α-hetero) is 1.